The largest absolute Gasteiger partial charge is 0.479 e. The first-order valence-electron chi connectivity index (χ1n) is 7.34. The molecular weight excluding hydrogens is 284 g/mol. The van der Waals surface area contributed by atoms with Gasteiger partial charge < -0.3 is 15.7 Å². The predicted molar refractivity (Wildman–Crippen MR) is 80.3 cm³/mol. The van der Waals surface area contributed by atoms with Gasteiger partial charge in [0.15, 0.2) is 5.54 Å². The summed E-state index contributed by atoms with van der Waals surface area (Å²) in [5.41, 5.74) is -1.06. The van der Waals surface area contributed by atoms with Crippen LogP contribution in [0.2, 0.25) is 0 Å². The number of amides is 2. The molecule has 6 nitrogen and oxygen atoms in total. The number of rotatable bonds is 4. The maximum absolute atomic E-state index is 12.4. The predicted octanol–water partition coefficient (Wildman–Crippen LogP) is 1.32. The molecule has 0 aromatic heterocycles. The molecule has 0 heterocycles. The average molecular weight is 304 g/mol. The summed E-state index contributed by atoms with van der Waals surface area (Å²) in [6, 6.07) is 7.86. The maximum atomic E-state index is 12.4. The summed E-state index contributed by atoms with van der Waals surface area (Å²) in [7, 11) is 0. The Morgan fingerprint density at radius 2 is 1.86 bits per heavy atom. The number of carboxylic acids is 1. The van der Waals surface area contributed by atoms with Gasteiger partial charge >= 0.3 is 5.97 Å². The van der Waals surface area contributed by atoms with Gasteiger partial charge in [0.1, 0.15) is 0 Å². The number of carboxylic acid groups (broad SMARTS) is 1. The lowest BCUT2D eigenvalue weighted by Gasteiger charge is -2.41. The molecule has 0 aliphatic heterocycles. The Morgan fingerprint density at radius 1 is 1.18 bits per heavy atom. The van der Waals surface area contributed by atoms with E-state index in [0.29, 0.717) is 24.8 Å². The van der Waals surface area contributed by atoms with E-state index in [2.05, 4.69) is 10.6 Å². The molecule has 1 fully saturated rings. The van der Waals surface area contributed by atoms with Gasteiger partial charge in [-0.15, -0.1) is 0 Å². The van der Waals surface area contributed by atoms with Crippen LogP contribution >= 0.6 is 0 Å². The zero-order valence-electron chi connectivity index (χ0n) is 12.5. The average Bonchev–Trinajstić information content (AvgIpc) is 2.49. The van der Waals surface area contributed by atoms with Gasteiger partial charge in [-0.3, -0.25) is 9.59 Å². The Kier molecular flexibility index (Phi) is 4.80. The second-order valence-electron chi connectivity index (χ2n) is 5.60. The first kappa shape index (κ1) is 16.0. The van der Waals surface area contributed by atoms with E-state index in [-0.39, 0.29) is 5.91 Å². The molecule has 118 valence electrons. The number of benzene rings is 1. The Bertz CT molecular complexity index is 573. The number of nitrogens with one attached hydrogen (secondary N) is 2. The number of aliphatic carboxylic acids is 1. The van der Waals surface area contributed by atoms with Gasteiger partial charge in [-0.05, 0) is 25.0 Å². The quantitative estimate of drug-likeness (QED) is 0.781. The summed E-state index contributed by atoms with van der Waals surface area (Å²) in [5.74, 6) is -1.86. The van der Waals surface area contributed by atoms with Gasteiger partial charge in [-0.2, -0.15) is 0 Å². The van der Waals surface area contributed by atoms with E-state index in [9.17, 15) is 19.5 Å². The third-order valence-corrected chi connectivity index (χ3v) is 4.04. The molecule has 2 atom stereocenters. The molecule has 2 rings (SSSR count). The van der Waals surface area contributed by atoms with Crippen molar-refractivity contribution in [3.05, 3.63) is 35.9 Å². The summed E-state index contributed by atoms with van der Waals surface area (Å²) in [5, 5.41) is 15.0. The molecule has 0 spiro atoms. The molecule has 2 unspecified atom stereocenters. The van der Waals surface area contributed by atoms with E-state index in [4.69, 9.17) is 0 Å². The zero-order chi connectivity index (χ0) is 16.2. The maximum Gasteiger partial charge on any atom is 0.331 e. The van der Waals surface area contributed by atoms with Crippen LogP contribution in [-0.4, -0.2) is 34.5 Å². The zero-order valence-corrected chi connectivity index (χ0v) is 12.5. The molecule has 3 N–H and O–H groups in total. The van der Waals surface area contributed by atoms with Crippen molar-refractivity contribution in [1.29, 1.82) is 0 Å². The molecular formula is C16H20N2O4. The van der Waals surface area contributed by atoms with Crippen LogP contribution in [0, 0.1) is 0 Å². The molecule has 1 aliphatic carbocycles. The van der Waals surface area contributed by atoms with Gasteiger partial charge in [-0.25, -0.2) is 4.79 Å². The monoisotopic (exact) mass is 304 g/mol. The minimum atomic E-state index is -1.46. The molecule has 2 amide bonds. The smallest absolute Gasteiger partial charge is 0.331 e. The first-order valence-corrected chi connectivity index (χ1v) is 7.34. The third-order valence-electron chi connectivity index (χ3n) is 4.04. The van der Waals surface area contributed by atoms with Crippen molar-refractivity contribution in [1.82, 2.24) is 10.6 Å². The number of hydrogen-bond acceptors (Lipinski definition) is 3. The van der Waals surface area contributed by atoms with E-state index in [0.717, 1.165) is 6.42 Å². The van der Waals surface area contributed by atoms with Crippen LogP contribution in [0.15, 0.2) is 30.3 Å². The van der Waals surface area contributed by atoms with Crippen LogP contribution < -0.4 is 10.6 Å². The van der Waals surface area contributed by atoms with Crippen molar-refractivity contribution in [2.45, 2.75) is 44.2 Å². The fourth-order valence-electron chi connectivity index (χ4n) is 2.94. The van der Waals surface area contributed by atoms with E-state index in [1.165, 1.54) is 6.92 Å². The number of carbonyl (C=O) groups is 3. The van der Waals surface area contributed by atoms with Crippen LogP contribution in [0.4, 0.5) is 0 Å². The van der Waals surface area contributed by atoms with Crippen LogP contribution in [0.5, 0.6) is 0 Å². The minimum absolute atomic E-state index is 0.297. The van der Waals surface area contributed by atoms with Crippen LogP contribution in [0.3, 0.4) is 0 Å². The van der Waals surface area contributed by atoms with Crippen LogP contribution in [0.25, 0.3) is 0 Å². The van der Waals surface area contributed by atoms with Crippen molar-refractivity contribution in [3.63, 3.8) is 0 Å². The fraction of sp³-hybridized carbons (Fsp3) is 0.438. The highest BCUT2D eigenvalue weighted by Crippen LogP contribution is 2.29. The highest BCUT2D eigenvalue weighted by Gasteiger charge is 2.49. The standard InChI is InChI=1S/C16H20N2O4/c1-11(19)17-13-9-5-6-10-16(13,15(21)22)18-14(20)12-7-3-2-4-8-12/h2-4,7-8,13H,5-6,9-10H2,1H3,(H,17,19)(H,18,20)(H,21,22). The molecule has 6 heteroatoms. The van der Waals surface area contributed by atoms with Gasteiger partial charge in [0, 0.05) is 12.5 Å². The molecule has 1 saturated carbocycles. The lowest BCUT2D eigenvalue weighted by atomic mass is 9.77. The van der Waals surface area contributed by atoms with Gasteiger partial charge in [-0.1, -0.05) is 31.0 Å². The number of carbonyl (C=O) groups excluding carboxylic acids is 2. The summed E-state index contributed by atoms with van der Waals surface area (Å²) in [4.78, 5) is 35.6. The summed E-state index contributed by atoms with van der Waals surface area (Å²) in [6.07, 6.45) is 2.34. The summed E-state index contributed by atoms with van der Waals surface area (Å²) < 4.78 is 0. The topological polar surface area (TPSA) is 95.5 Å². The second kappa shape index (κ2) is 6.60. The SMILES string of the molecule is CC(=O)NC1CCCCC1(NC(=O)c1ccccc1)C(=O)O. The van der Waals surface area contributed by atoms with E-state index in [1.807, 2.05) is 0 Å². The molecule has 1 aromatic rings. The van der Waals surface area contributed by atoms with E-state index >= 15 is 0 Å². The normalized spacial score (nSPS) is 24.3. The lowest BCUT2D eigenvalue weighted by Crippen LogP contribution is -2.67. The molecule has 1 aromatic carbocycles. The summed E-state index contributed by atoms with van der Waals surface area (Å²) in [6.45, 7) is 1.35. The van der Waals surface area contributed by atoms with Crippen molar-refractivity contribution in [2.24, 2.45) is 0 Å². The van der Waals surface area contributed by atoms with E-state index in [1.54, 1.807) is 30.3 Å². The summed E-state index contributed by atoms with van der Waals surface area (Å²) >= 11 is 0. The van der Waals surface area contributed by atoms with Gasteiger partial charge in [0.25, 0.3) is 5.91 Å². The highest BCUT2D eigenvalue weighted by molar-refractivity contribution is 5.98. The Labute approximate surface area is 128 Å². The molecule has 0 saturated heterocycles. The Morgan fingerprint density at radius 3 is 2.45 bits per heavy atom. The third kappa shape index (κ3) is 3.27. The lowest BCUT2D eigenvalue weighted by molar-refractivity contribution is -0.147. The molecule has 0 radical (unpaired) electrons. The van der Waals surface area contributed by atoms with Gasteiger partial charge in [0.2, 0.25) is 5.91 Å². The fourth-order valence-corrected chi connectivity index (χ4v) is 2.94. The van der Waals surface area contributed by atoms with Crippen molar-refractivity contribution in [2.75, 3.05) is 0 Å². The minimum Gasteiger partial charge on any atom is -0.479 e. The van der Waals surface area contributed by atoms with E-state index < -0.39 is 23.5 Å². The van der Waals surface area contributed by atoms with Crippen molar-refractivity contribution >= 4 is 17.8 Å². The number of hydrogen-bond donors (Lipinski definition) is 3. The Hall–Kier alpha value is -2.37. The Balaban J connectivity index is 2.28. The second-order valence-corrected chi connectivity index (χ2v) is 5.60. The van der Waals surface area contributed by atoms with Gasteiger partial charge in [0.05, 0.1) is 6.04 Å². The van der Waals surface area contributed by atoms with Crippen molar-refractivity contribution < 1.29 is 19.5 Å². The van der Waals surface area contributed by atoms with Crippen LogP contribution in [0.1, 0.15) is 43.0 Å². The van der Waals surface area contributed by atoms with Crippen molar-refractivity contribution in [3.8, 4) is 0 Å². The molecule has 0 bridgehead atoms. The van der Waals surface area contributed by atoms with Crippen LogP contribution in [-0.2, 0) is 9.59 Å². The highest BCUT2D eigenvalue weighted by atomic mass is 16.4. The first-order chi connectivity index (χ1) is 10.5. The molecule has 22 heavy (non-hydrogen) atoms. The molecule has 1 aliphatic rings.